The smallest absolute Gasteiger partial charge is 0.199 e. The maximum Gasteiger partial charge on any atom is 0.460 e. The van der Waals surface area contributed by atoms with E-state index < -0.39 is 65.9 Å². The quantitative estimate of drug-likeness (QED) is 0.221. The fourth-order valence-electron chi connectivity index (χ4n) is 2.77. The van der Waals surface area contributed by atoms with Gasteiger partial charge in [-0.15, -0.1) is 0 Å². The topological polar surface area (TPSA) is 0 Å². The predicted octanol–water partition coefficient (Wildman–Crippen LogP) is 7.32. The van der Waals surface area contributed by atoms with E-state index in [1.807, 2.05) is 0 Å². The van der Waals surface area contributed by atoms with Gasteiger partial charge in [0.2, 0.25) is 0 Å². The molecule has 1 atom stereocenters. The molecule has 1 aliphatic carbocycles. The largest absolute Gasteiger partial charge is 0.460 e. The van der Waals surface area contributed by atoms with Crippen LogP contribution in [0.1, 0.15) is 26.2 Å². The molecule has 15 heteroatoms. The second kappa shape index (κ2) is 8.61. The summed E-state index contributed by atoms with van der Waals surface area (Å²) in [5, 5.41) is 0. The number of rotatable bonds is 4. The van der Waals surface area contributed by atoms with Gasteiger partial charge in [-0.05, 0) is 26.2 Å². The van der Waals surface area contributed by atoms with Crippen molar-refractivity contribution < 1.29 is 82.5 Å². The van der Waals surface area contributed by atoms with E-state index in [9.17, 15) is 61.5 Å². The third-order valence-corrected chi connectivity index (χ3v) is 4.33. The Hall–Kier alpha value is -0.812. The van der Waals surface area contributed by atoms with Crippen molar-refractivity contribution in [2.24, 2.45) is 5.92 Å². The van der Waals surface area contributed by atoms with Gasteiger partial charge in [0.1, 0.15) is 0 Å². The SMILES string of the molecule is C/C1=C(\C(F)(F)C(F)(F)C(F)(F)F)C(C(F)(F)C(F)(F)C(F)(F)F)C/C=C\CC1.[Pt]. The Morgan fingerprint density at radius 2 is 1.13 bits per heavy atom. The summed E-state index contributed by atoms with van der Waals surface area (Å²) in [6.07, 6.45) is -15.6. The third kappa shape index (κ3) is 4.67. The number of halogens is 14. The maximum absolute atomic E-state index is 14.2. The minimum absolute atomic E-state index is 0. The van der Waals surface area contributed by atoms with Crippen molar-refractivity contribution in [2.45, 2.75) is 62.2 Å². The van der Waals surface area contributed by atoms with Crippen molar-refractivity contribution in [3.8, 4) is 0 Å². The average molecular weight is 653 g/mol. The van der Waals surface area contributed by atoms with Crippen molar-refractivity contribution in [2.75, 3.05) is 0 Å². The summed E-state index contributed by atoms with van der Waals surface area (Å²) in [4.78, 5) is 0. The summed E-state index contributed by atoms with van der Waals surface area (Å²) < 4.78 is 185. The molecular weight excluding hydrogens is 641 g/mol. The molecule has 0 saturated carbocycles. The van der Waals surface area contributed by atoms with Crippen molar-refractivity contribution in [1.29, 1.82) is 0 Å². The zero-order chi connectivity index (χ0) is 23.3. The molecule has 0 aliphatic heterocycles. The fourth-order valence-corrected chi connectivity index (χ4v) is 2.77. The van der Waals surface area contributed by atoms with Crippen LogP contribution in [0.25, 0.3) is 0 Å². The van der Waals surface area contributed by atoms with Crippen LogP contribution in [0.2, 0.25) is 0 Å². The van der Waals surface area contributed by atoms with Gasteiger partial charge in [-0.2, -0.15) is 61.5 Å². The summed E-state index contributed by atoms with van der Waals surface area (Å²) >= 11 is 0. The van der Waals surface area contributed by atoms with Crippen LogP contribution in [0.4, 0.5) is 61.5 Å². The molecule has 0 aromatic carbocycles. The van der Waals surface area contributed by atoms with E-state index in [0.717, 1.165) is 6.08 Å². The van der Waals surface area contributed by atoms with E-state index in [0.29, 0.717) is 13.0 Å². The van der Waals surface area contributed by atoms with Crippen LogP contribution in [0, 0.1) is 5.92 Å². The number of hydrogen-bond acceptors (Lipinski definition) is 0. The molecule has 30 heavy (non-hydrogen) atoms. The van der Waals surface area contributed by atoms with Crippen LogP contribution in [0.3, 0.4) is 0 Å². The first-order valence-electron chi connectivity index (χ1n) is 7.63. The van der Waals surface area contributed by atoms with Gasteiger partial charge >= 0.3 is 36.0 Å². The van der Waals surface area contributed by atoms with Crippen LogP contribution < -0.4 is 0 Å². The molecular formula is C15H12F14Pt. The molecule has 0 aromatic heterocycles. The van der Waals surface area contributed by atoms with Gasteiger partial charge in [-0.25, -0.2) is 0 Å². The van der Waals surface area contributed by atoms with Gasteiger partial charge in [-0.1, -0.05) is 17.7 Å². The molecule has 0 saturated heterocycles. The monoisotopic (exact) mass is 653 g/mol. The van der Waals surface area contributed by atoms with Crippen LogP contribution >= 0.6 is 0 Å². The first kappa shape index (κ1) is 29.2. The summed E-state index contributed by atoms with van der Waals surface area (Å²) in [6.45, 7) is 0.393. The van der Waals surface area contributed by atoms with Crippen LogP contribution in [-0.4, -0.2) is 36.0 Å². The number of hydrogen-bond donors (Lipinski definition) is 0. The molecule has 1 aliphatic rings. The first-order valence-corrected chi connectivity index (χ1v) is 7.63. The van der Waals surface area contributed by atoms with Crippen molar-refractivity contribution in [3.63, 3.8) is 0 Å². The fraction of sp³-hybridized carbons (Fsp3) is 0.733. The van der Waals surface area contributed by atoms with Gasteiger partial charge in [0, 0.05) is 26.6 Å². The zero-order valence-corrected chi connectivity index (χ0v) is 16.7. The Morgan fingerprint density at radius 3 is 1.53 bits per heavy atom. The molecule has 0 N–H and O–H groups in total. The number of alkyl halides is 14. The summed E-state index contributed by atoms with van der Waals surface area (Å²) in [6, 6.07) is 0. The Balaban J connectivity index is 0.00000841. The molecule has 0 nitrogen and oxygen atoms in total. The van der Waals surface area contributed by atoms with Crippen LogP contribution in [0.5, 0.6) is 0 Å². The Labute approximate surface area is 174 Å². The Kier molecular flexibility index (Phi) is 8.38. The second-order valence-electron chi connectivity index (χ2n) is 6.33. The normalized spacial score (nSPS) is 24.0. The molecule has 0 radical (unpaired) electrons. The van der Waals surface area contributed by atoms with Crippen molar-refractivity contribution in [3.05, 3.63) is 23.3 Å². The van der Waals surface area contributed by atoms with Gasteiger partial charge < -0.3 is 0 Å². The zero-order valence-electron chi connectivity index (χ0n) is 14.5. The number of allylic oxidation sites excluding steroid dienone is 4. The van der Waals surface area contributed by atoms with E-state index in [4.69, 9.17) is 0 Å². The van der Waals surface area contributed by atoms with Gasteiger partial charge in [0.05, 0.1) is 5.92 Å². The molecule has 0 heterocycles. The molecule has 180 valence electrons. The van der Waals surface area contributed by atoms with E-state index in [2.05, 4.69) is 0 Å². The molecule has 1 rings (SSSR count). The summed E-state index contributed by atoms with van der Waals surface area (Å²) in [5.41, 5.74) is -4.07. The predicted molar refractivity (Wildman–Crippen MR) is 71.1 cm³/mol. The van der Waals surface area contributed by atoms with Crippen molar-refractivity contribution >= 4 is 0 Å². The van der Waals surface area contributed by atoms with Crippen molar-refractivity contribution in [1.82, 2.24) is 0 Å². The Bertz CT molecular complexity index is 668. The third-order valence-electron chi connectivity index (χ3n) is 4.33. The van der Waals surface area contributed by atoms with Crippen LogP contribution in [0.15, 0.2) is 23.3 Å². The standard InChI is InChI=1S/C15H12F14.Pt/c1-7-5-3-2-4-6-8(10(16,17)12(20,21)14(24,25)26)9(7)11(18,19)13(22,23)15(27,28)29;/h2,4,8H,3,5-6H2,1H3;/b4-2-,9-7+;. The van der Waals surface area contributed by atoms with E-state index in [-0.39, 0.29) is 27.5 Å². The molecule has 0 aromatic rings. The van der Waals surface area contributed by atoms with Gasteiger partial charge in [0.15, 0.2) is 0 Å². The van der Waals surface area contributed by atoms with Gasteiger partial charge in [-0.3, -0.25) is 0 Å². The second-order valence-corrected chi connectivity index (χ2v) is 6.33. The molecule has 1 unspecified atom stereocenters. The molecule has 0 bridgehead atoms. The summed E-state index contributed by atoms with van der Waals surface area (Å²) in [7, 11) is 0. The molecule has 0 fully saturated rings. The van der Waals surface area contributed by atoms with E-state index in [1.165, 1.54) is 0 Å². The van der Waals surface area contributed by atoms with E-state index >= 15 is 0 Å². The first-order chi connectivity index (χ1) is 12.6. The minimum Gasteiger partial charge on any atom is -0.199 e. The van der Waals surface area contributed by atoms with Crippen LogP contribution in [-0.2, 0) is 21.1 Å². The molecule has 0 amide bonds. The average Bonchev–Trinajstić information content (AvgIpc) is 2.47. The molecule has 0 spiro atoms. The van der Waals surface area contributed by atoms with Gasteiger partial charge in [0.25, 0.3) is 0 Å². The Morgan fingerprint density at radius 1 is 0.700 bits per heavy atom. The summed E-state index contributed by atoms with van der Waals surface area (Å²) in [5.74, 6) is -31.0. The minimum atomic E-state index is -7.01. The maximum atomic E-state index is 14.2. The van der Waals surface area contributed by atoms with E-state index in [1.54, 1.807) is 0 Å².